The van der Waals surface area contributed by atoms with Crippen LogP contribution in [0.1, 0.15) is 57.2 Å². The fourth-order valence-corrected chi connectivity index (χ4v) is 5.23. The van der Waals surface area contributed by atoms with Crippen molar-refractivity contribution in [2.75, 3.05) is 13.1 Å². The zero-order valence-corrected chi connectivity index (χ0v) is 18.5. The maximum absolute atomic E-state index is 6.54. The lowest BCUT2D eigenvalue weighted by Crippen LogP contribution is -2.52. The van der Waals surface area contributed by atoms with E-state index >= 15 is 0 Å². The van der Waals surface area contributed by atoms with Gasteiger partial charge in [0.2, 0.25) is 0 Å². The summed E-state index contributed by atoms with van der Waals surface area (Å²) in [7, 11) is 0. The van der Waals surface area contributed by atoms with Crippen LogP contribution in [0.3, 0.4) is 0 Å². The lowest BCUT2D eigenvalue weighted by atomic mass is 9.83. The van der Waals surface area contributed by atoms with Crippen molar-refractivity contribution >= 4 is 5.65 Å². The molecule has 1 saturated heterocycles. The van der Waals surface area contributed by atoms with E-state index in [1.54, 1.807) is 0 Å². The molecule has 2 aliphatic heterocycles. The Bertz CT molecular complexity index is 1040. The molecule has 2 aromatic heterocycles. The van der Waals surface area contributed by atoms with E-state index in [0.29, 0.717) is 0 Å². The molecule has 0 radical (unpaired) electrons. The average molecular weight is 404 g/mol. The highest BCUT2D eigenvalue weighted by Gasteiger charge is 2.43. The molecule has 0 atom stereocenters. The first-order chi connectivity index (χ1) is 14.7. The summed E-state index contributed by atoms with van der Waals surface area (Å²) in [5, 5.41) is 0. The van der Waals surface area contributed by atoms with Gasteiger partial charge in [-0.3, -0.25) is 0 Å². The van der Waals surface area contributed by atoms with Crippen LogP contribution in [0.4, 0.5) is 0 Å². The van der Waals surface area contributed by atoms with Crippen molar-refractivity contribution in [1.29, 1.82) is 0 Å². The van der Waals surface area contributed by atoms with Gasteiger partial charge in [-0.25, -0.2) is 4.98 Å². The highest BCUT2D eigenvalue weighted by atomic mass is 16.5. The van der Waals surface area contributed by atoms with Crippen LogP contribution in [0, 0.1) is 6.92 Å². The minimum absolute atomic E-state index is 0.0343. The van der Waals surface area contributed by atoms with Gasteiger partial charge in [0.05, 0.1) is 5.69 Å². The Morgan fingerprint density at radius 2 is 1.77 bits per heavy atom. The van der Waals surface area contributed by atoms with Gasteiger partial charge in [-0.1, -0.05) is 26.3 Å². The molecule has 0 amide bonds. The Hall–Kier alpha value is -2.33. The van der Waals surface area contributed by atoms with E-state index in [-0.39, 0.29) is 5.60 Å². The van der Waals surface area contributed by atoms with Crippen molar-refractivity contribution in [2.45, 2.75) is 70.9 Å². The molecular weight excluding hydrogens is 370 g/mol. The van der Waals surface area contributed by atoms with Gasteiger partial charge in [0.15, 0.2) is 0 Å². The molecule has 2 fully saturated rings. The molecule has 1 saturated carbocycles. The summed E-state index contributed by atoms with van der Waals surface area (Å²) in [4.78, 5) is 7.23. The lowest BCUT2D eigenvalue weighted by Gasteiger charge is -2.45. The molecule has 3 aromatic rings. The topological polar surface area (TPSA) is 29.8 Å². The van der Waals surface area contributed by atoms with E-state index in [9.17, 15) is 0 Å². The number of likely N-dealkylation sites (tertiary alicyclic amines) is 1. The van der Waals surface area contributed by atoms with E-state index in [1.165, 1.54) is 49.0 Å². The lowest BCUT2D eigenvalue weighted by molar-refractivity contribution is -0.00746. The minimum Gasteiger partial charge on any atom is -0.487 e. The zero-order chi connectivity index (χ0) is 20.7. The maximum atomic E-state index is 6.54. The number of ether oxygens (including phenoxy) is 1. The van der Waals surface area contributed by atoms with Crippen LogP contribution in [-0.2, 0) is 6.42 Å². The number of benzene rings is 1. The number of hydrogen-bond donors (Lipinski definition) is 0. The summed E-state index contributed by atoms with van der Waals surface area (Å²) in [6, 6.07) is 11.9. The standard InChI is InChI=1S/C24H27N3O.C2H6/c1-17-15-27-16-19(6-8-23(27)25-17)18-5-7-22-20(13-18)14-24(28-22)9-11-26(12-10-24)21-3-2-4-21;1-2/h5-8,13,15-16,21H,2-4,9-12,14H2,1H3;1-2H3. The number of imidazole rings is 1. The molecule has 1 spiro atoms. The SMILES string of the molecule is CC.Cc1cn2cc(-c3ccc4c(c3)CC3(CCN(C5CCC5)CC3)O4)ccc2n1. The van der Waals surface area contributed by atoms with Crippen LogP contribution in [0.2, 0.25) is 0 Å². The number of nitrogens with zero attached hydrogens (tertiary/aromatic N) is 3. The van der Waals surface area contributed by atoms with E-state index in [0.717, 1.165) is 42.4 Å². The Balaban J connectivity index is 0.000000937. The monoisotopic (exact) mass is 403 g/mol. The van der Waals surface area contributed by atoms with Crippen molar-refractivity contribution in [3.63, 3.8) is 0 Å². The van der Waals surface area contributed by atoms with Gasteiger partial charge >= 0.3 is 0 Å². The third kappa shape index (κ3) is 3.41. The molecule has 4 nitrogen and oxygen atoms in total. The van der Waals surface area contributed by atoms with Crippen molar-refractivity contribution in [2.24, 2.45) is 0 Å². The Morgan fingerprint density at radius 3 is 2.50 bits per heavy atom. The maximum Gasteiger partial charge on any atom is 0.136 e. The smallest absolute Gasteiger partial charge is 0.136 e. The van der Waals surface area contributed by atoms with E-state index in [4.69, 9.17) is 4.74 Å². The predicted molar refractivity (Wildman–Crippen MR) is 122 cm³/mol. The molecule has 6 rings (SSSR count). The zero-order valence-electron chi connectivity index (χ0n) is 18.5. The number of rotatable bonds is 2. The second-order valence-corrected chi connectivity index (χ2v) is 8.97. The molecule has 0 N–H and O–H groups in total. The molecular formula is C26H33N3O. The first kappa shape index (κ1) is 19.6. The van der Waals surface area contributed by atoms with Crippen LogP contribution >= 0.6 is 0 Å². The van der Waals surface area contributed by atoms with Gasteiger partial charge in [-0.2, -0.15) is 0 Å². The summed E-state index contributed by atoms with van der Waals surface area (Å²) in [6.45, 7) is 8.43. The van der Waals surface area contributed by atoms with E-state index in [1.807, 2.05) is 20.8 Å². The van der Waals surface area contributed by atoms with Gasteiger partial charge in [0, 0.05) is 50.8 Å². The number of pyridine rings is 1. The molecule has 158 valence electrons. The molecule has 0 bridgehead atoms. The summed E-state index contributed by atoms with van der Waals surface area (Å²) in [6.07, 6.45) is 11.9. The number of hydrogen-bond acceptors (Lipinski definition) is 3. The summed E-state index contributed by atoms with van der Waals surface area (Å²) in [5.74, 6) is 1.10. The van der Waals surface area contributed by atoms with Gasteiger partial charge in [-0.15, -0.1) is 0 Å². The summed E-state index contributed by atoms with van der Waals surface area (Å²) >= 11 is 0. The Labute approximate surface area is 179 Å². The molecule has 0 unspecified atom stereocenters. The molecule has 4 heterocycles. The quantitative estimate of drug-likeness (QED) is 0.553. The molecule has 1 aromatic carbocycles. The van der Waals surface area contributed by atoms with Crippen molar-refractivity contribution in [3.8, 4) is 16.9 Å². The third-order valence-electron chi connectivity index (χ3n) is 7.10. The van der Waals surface area contributed by atoms with Crippen molar-refractivity contribution in [3.05, 3.63) is 54.0 Å². The predicted octanol–water partition coefficient (Wildman–Crippen LogP) is 5.66. The second kappa shape index (κ2) is 7.73. The second-order valence-electron chi connectivity index (χ2n) is 8.97. The average Bonchev–Trinajstić information content (AvgIpc) is 3.27. The van der Waals surface area contributed by atoms with Gasteiger partial charge in [-0.05, 0) is 60.7 Å². The first-order valence-corrected chi connectivity index (χ1v) is 11.7. The minimum atomic E-state index is 0.0343. The normalized spacial score (nSPS) is 20.4. The van der Waals surface area contributed by atoms with Crippen LogP contribution < -0.4 is 4.74 Å². The largest absolute Gasteiger partial charge is 0.487 e. The molecule has 30 heavy (non-hydrogen) atoms. The van der Waals surface area contributed by atoms with Crippen LogP contribution in [0.5, 0.6) is 5.75 Å². The Morgan fingerprint density at radius 1 is 1.00 bits per heavy atom. The van der Waals surface area contributed by atoms with Gasteiger partial charge in [0.25, 0.3) is 0 Å². The first-order valence-electron chi connectivity index (χ1n) is 11.7. The van der Waals surface area contributed by atoms with Gasteiger partial charge < -0.3 is 14.0 Å². The molecule has 4 heteroatoms. The van der Waals surface area contributed by atoms with Crippen LogP contribution in [0.25, 0.3) is 16.8 Å². The highest BCUT2D eigenvalue weighted by Crippen LogP contribution is 2.43. The summed E-state index contributed by atoms with van der Waals surface area (Å²) in [5.41, 5.74) is 5.95. The van der Waals surface area contributed by atoms with Gasteiger partial charge in [0.1, 0.15) is 17.0 Å². The van der Waals surface area contributed by atoms with Crippen LogP contribution in [-0.4, -0.2) is 39.0 Å². The fourth-order valence-electron chi connectivity index (χ4n) is 5.23. The van der Waals surface area contributed by atoms with Crippen molar-refractivity contribution in [1.82, 2.24) is 14.3 Å². The highest BCUT2D eigenvalue weighted by molar-refractivity contribution is 5.67. The van der Waals surface area contributed by atoms with E-state index in [2.05, 4.69) is 57.0 Å². The number of fused-ring (bicyclic) bond motifs is 2. The molecule has 1 aliphatic carbocycles. The number of aryl methyl sites for hydroxylation is 1. The van der Waals surface area contributed by atoms with E-state index < -0.39 is 0 Å². The third-order valence-corrected chi connectivity index (χ3v) is 7.10. The number of piperidine rings is 1. The number of aromatic nitrogens is 2. The van der Waals surface area contributed by atoms with Crippen LogP contribution in [0.15, 0.2) is 42.7 Å². The van der Waals surface area contributed by atoms with Crippen molar-refractivity contribution < 1.29 is 4.74 Å². The Kier molecular flexibility index (Phi) is 5.06. The summed E-state index contributed by atoms with van der Waals surface area (Å²) < 4.78 is 8.65. The molecule has 3 aliphatic rings. The fraction of sp³-hybridized carbons (Fsp3) is 0.500.